The molecule has 0 aromatic rings. The number of amides is 2. The van der Waals surface area contributed by atoms with E-state index in [4.69, 9.17) is 0 Å². The third kappa shape index (κ3) is 2.04. The number of hydrogen-bond donors (Lipinski definition) is 1. The van der Waals surface area contributed by atoms with E-state index in [2.05, 4.69) is 10.2 Å². The molecule has 0 unspecified atom stereocenters. The van der Waals surface area contributed by atoms with Crippen LogP contribution in [0.4, 0.5) is 0 Å². The molecule has 0 spiro atoms. The molecule has 20 heavy (non-hydrogen) atoms. The third-order valence-corrected chi connectivity index (χ3v) is 5.22. The predicted molar refractivity (Wildman–Crippen MR) is 73.9 cm³/mol. The molecule has 5 aliphatic rings. The number of nitrogens with one attached hydrogen (secondary N) is 1. The van der Waals surface area contributed by atoms with Crippen LogP contribution in [-0.2, 0) is 9.59 Å². The molecule has 4 aliphatic heterocycles. The van der Waals surface area contributed by atoms with Gasteiger partial charge in [-0.15, -0.1) is 0 Å². The Labute approximate surface area is 119 Å². The summed E-state index contributed by atoms with van der Waals surface area (Å²) in [6.07, 6.45) is 6.94. The van der Waals surface area contributed by atoms with E-state index in [0.717, 1.165) is 31.2 Å². The maximum absolute atomic E-state index is 12.3. The van der Waals surface area contributed by atoms with Crippen molar-refractivity contribution in [2.45, 2.75) is 24.8 Å². The van der Waals surface area contributed by atoms with Gasteiger partial charge in [0.25, 0.3) is 0 Å². The van der Waals surface area contributed by atoms with Gasteiger partial charge in [0.05, 0.1) is 5.54 Å². The minimum Gasteiger partial charge on any atom is -0.348 e. The minimum absolute atomic E-state index is 0.00481. The predicted octanol–water partition coefficient (Wildman–Crippen LogP) is -0.0147. The van der Waals surface area contributed by atoms with E-state index >= 15 is 0 Å². The summed E-state index contributed by atoms with van der Waals surface area (Å²) < 4.78 is 0. The molecule has 5 nitrogen and oxygen atoms in total. The Hall–Kier alpha value is -1.36. The summed E-state index contributed by atoms with van der Waals surface area (Å²) in [7, 11) is 0. The topological polar surface area (TPSA) is 52.7 Å². The second kappa shape index (κ2) is 4.32. The highest BCUT2D eigenvalue weighted by atomic mass is 16.2. The highest BCUT2D eigenvalue weighted by Crippen LogP contribution is 2.45. The Bertz CT molecular complexity index is 450. The number of piperidine rings is 3. The Morgan fingerprint density at radius 2 is 2.10 bits per heavy atom. The smallest absolute Gasteiger partial charge is 0.247 e. The van der Waals surface area contributed by atoms with Gasteiger partial charge in [0, 0.05) is 32.3 Å². The molecule has 0 radical (unpaired) electrons. The van der Waals surface area contributed by atoms with Crippen molar-refractivity contribution in [3.8, 4) is 0 Å². The molecular formula is C15H21N3O2. The summed E-state index contributed by atoms with van der Waals surface area (Å²) in [5.41, 5.74) is -0.0165. The average molecular weight is 275 g/mol. The largest absolute Gasteiger partial charge is 0.348 e. The summed E-state index contributed by atoms with van der Waals surface area (Å²) >= 11 is 0. The number of carbonyl (C=O) groups is 2. The highest BCUT2D eigenvalue weighted by Gasteiger charge is 2.50. The van der Waals surface area contributed by atoms with Gasteiger partial charge >= 0.3 is 0 Å². The second-order valence-electron chi connectivity index (χ2n) is 7.02. The summed E-state index contributed by atoms with van der Waals surface area (Å²) in [5.74, 6) is 1.47. The van der Waals surface area contributed by atoms with Gasteiger partial charge in [0.1, 0.15) is 6.54 Å². The Morgan fingerprint density at radius 1 is 1.35 bits per heavy atom. The summed E-state index contributed by atoms with van der Waals surface area (Å²) in [6, 6.07) is 0. The molecule has 5 rings (SSSR count). The van der Waals surface area contributed by atoms with Gasteiger partial charge in [0.2, 0.25) is 11.8 Å². The van der Waals surface area contributed by atoms with Crippen LogP contribution < -0.4 is 5.32 Å². The zero-order chi connectivity index (χ0) is 13.7. The molecule has 1 N–H and O–H groups in total. The van der Waals surface area contributed by atoms with E-state index in [1.54, 1.807) is 11.0 Å². The molecule has 1 saturated carbocycles. The van der Waals surface area contributed by atoms with E-state index in [1.165, 1.54) is 19.5 Å². The summed E-state index contributed by atoms with van der Waals surface area (Å²) in [5, 5.41) is 3.27. The molecule has 0 aromatic carbocycles. The molecule has 108 valence electrons. The van der Waals surface area contributed by atoms with Gasteiger partial charge in [-0.25, -0.2) is 0 Å². The molecule has 3 saturated heterocycles. The highest BCUT2D eigenvalue weighted by molar-refractivity contribution is 5.93. The van der Waals surface area contributed by atoms with Gasteiger partial charge in [-0.05, 0) is 31.1 Å². The van der Waals surface area contributed by atoms with Gasteiger partial charge in [-0.1, -0.05) is 6.08 Å². The quantitative estimate of drug-likeness (QED) is 0.788. The van der Waals surface area contributed by atoms with Crippen LogP contribution in [0.1, 0.15) is 19.3 Å². The lowest BCUT2D eigenvalue weighted by atomic mass is 9.64. The number of hydrogen-bond acceptors (Lipinski definition) is 3. The molecule has 4 bridgehead atoms. The molecule has 4 heterocycles. The molecular weight excluding hydrogens is 254 g/mol. The lowest BCUT2D eigenvalue weighted by molar-refractivity contribution is -0.134. The maximum Gasteiger partial charge on any atom is 0.247 e. The van der Waals surface area contributed by atoms with Gasteiger partial charge < -0.3 is 15.1 Å². The fraction of sp³-hybridized carbons (Fsp3) is 0.733. The average Bonchev–Trinajstić information content (AvgIpc) is 2.72. The first-order valence-corrected chi connectivity index (χ1v) is 7.61. The normalized spacial score (nSPS) is 41.5. The second-order valence-corrected chi connectivity index (χ2v) is 7.02. The molecule has 4 fully saturated rings. The summed E-state index contributed by atoms with van der Waals surface area (Å²) in [4.78, 5) is 27.9. The van der Waals surface area contributed by atoms with Crippen LogP contribution in [-0.4, -0.2) is 59.9 Å². The van der Waals surface area contributed by atoms with Crippen molar-refractivity contribution in [2.75, 3.05) is 32.7 Å². The fourth-order valence-corrected chi connectivity index (χ4v) is 4.86. The van der Waals surface area contributed by atoms with Gasteiger partial charge in [0.15, 0.2) is 0 Å². The third-order valence-electron chi connectivity index (χ3n) is 5.22. The van der Waals surface area contributed by atoms with Crippen LogP contribution in [0.25, 0.3) is 0 Å². The van der Waals surface area contributed by atoms with Crippen molar-refractivity contribution in [3.05, 3.63) is 12.2 Å². The molecule has 4 atom stereocenters. The van der Waals surface area contributed by atoms with Crippen LogP contribution in [0.15, 0.2) is 12.2 Å². The van der Waals surface area contributed by atoms with Crippen molar-refractivity contribution in [2.24, 2.45) is 11.8 Å². The molecule has 1 aliphatic carbocycles. The van der Waals surface area contributed by atoms with Crippen molar-refractivity contribution in [1.82, 2.24) is 15.1 Å². The Morgan fingerprint density at radius 3 is 2.70 bits per heavy atom. The fourth-order valence-electron chi connectivity index (χ4n) is 4.86. The minimum atomic E-state index is -0.0468. The SMILES string of the molecule is O=C(CN1CC=CC1=O)N[C@@]12C[C@@H]3C[C@@H](C[N@](C3)C1)C2. The Balaban J connectivity index is 1.41. The number of rotatable bonds is 3. The van der Waals surface area contributed by atoms with Crippen molar-refractivity contribution < 1.29 is 9.59 Å². The maximum atomic E-state index is 12.3. The van der Waals surface area contributed by atoms with Crippen molar-refractivity contribution in [3.63, 3.8) is 0 Å². The van der Waals surface area contributed by atoms with Crippen LogP contribution in [0.2, 0.25) is 0 Å². The van der Waals surface area contributed by atoms with Crippen LogP contribution in [0, 0.1) is 11.8 Å². The monoisotopic (exact) mass is 275 g/mol. The Kier molecular flexibility index (Phi) is 2.67. The van der Waals surface area contributed by atoms with Crippen molar-refractivity contribution in [1.29, 1.82) is 0 Å². The van der Waals surface area contributed by atoms with E-state index in [1.807, 2.05) is 6.08 Å². The van der Waals surface area contributed by atoms with E-state index < -0.39 is 0 Å². The zero-order valence-corrected chi connectivity index (χ0v) is 11.7. The first-order valence-electron chi connectivity index (χ1n) is 7.61. The number of nitrogens with zero attached hydrogens (tertiary/aromatic N) is 2. The lowest BCUT2D eigenvalue weighted by Gasteiger charge is -2.58. The number of carbonyl (C=O) groups excluding carboxylic acids is 2. The van der Waals surface area contributed by atoms with Crippen LogP contribution in [0.5, 0.6) is 0 Å². The first kappa shape index (κ1) is 12.4. The van der Waals surface area contributed by atoms with Crippen LogP contribution in [0.3, 0.4) is 0 Å². The molecule has 0 aromatic heterocycles. The summed E-state index contributed by atoms with van der Waals surface area (Å²) in [6.45, 7) is 4.18. The van der Waals surface area contributed by atoms with E-state index in [-0.39, 0.29) is 23.9 Å². The molecule has 2 amide bonds. The van der Waals surface area contributed by atoms with E-state index in [0.29, 0.717) is 6.54 Å². The van der Waals surface area contributed by atoms with Gasteiger partial charge in [-0.2, -0.15) is 0 Å². The van der Waals surface area contributed by atoms with E-state index in [9.17, 15) is 9.59 Å². The zero-order valence-electron chi connectivity index (χ0n) is 11.7. The van der Waals surface area contributed by atoms with Crippen LogP contribution >= 0.6 is 0 Å². The first-order chi connectivity index (χ1) is 9.62. The molecule has 5 heteroatoms. The standard InChI is InChI=1S/C15H21N3O2/c19-13(9-18-3-1-2-14(18)20)16-15-5-11-4-12(6-15)8-17(7-11)10-15/h1-2,11-12H,3-10H2,(H,16,19)/t11-,12+,15+. The van der Waals surface area contributed by atoms with Crippen molar-refractivity contribution >= 4 is 11.8 Å². The lowest BCUT2D eigenvalue weighted by Crippen LogP contribution is -2.69. The van der Waals surface area contributed by atoms with Gasteiger partial charge in [-0.3, -0.25) is 9.59 Å².